The number of carbonyl (C=O) groups excluding carboxylic acids is 1. The molecule has 0 aliphatic rings. The van der Waals surface area contributed by atoms with Gasteiger partial charge in [-0.3, -0.25) is 4.79 Å². The number of phenols is 2. The highest BCUT2D eigenvalue weighted by Crippen LogP contribution is 2.34. The minimum atomic E-state index is -0.689. The van der Waals surface area contributed by atoms with Crippen LogP contribution in [0.3, 0.4) is 0 Å². The molecule has 0 unspecified atom stereocenters. The number of benzene rings is 1. The summed E-state index contributed by atoms with van der Waals surface area (Å²) in [6.45, 7) is 6.17. The maximum atomic E-state index is 12.1. The molecular weight excluding hydrogens is 286 g/mol. The van der Waals surface area contributed by atoms with Crippen LogP contribution in [0, 0.1) is 12.8 Å². The van der Waals surface area contributed by atoms with E-state index in [1.54, 1.807) is 6.92 Å². The molecule has 0 spiro atoms. The lowest BCUT2D eigenvalue weighted by molar-refractivity contribution is -0.120. The number of aryl methyl sites for hydroxylation is 1. The second-order valence-corrected chi connectivity index (χ2v) is 5.68. The fraction of sp³-hybridized carbons (Fsp3) is 0.375. The van der Waals surface area contributed by atoms with E-state index in [0.29, 0.717) is 23.4 Å². The average molecular weight is 305 g/mol. The lowest BCUT2D eigenvalue weighted by Crippen LogP contribution is -2.30. The lowest BCUT2D eigenvalue weighted by atomic mass is 10.0. The maximum Gasteiger partial charge on any atom is 0.340 e. The van der Waals surface area contributed by atoms with Crippen LogP contribution in [0.4, 0.5) is 0 Å². The molecule has 0 bridgehead atoms. The van der Waals surface area contributed by atoms with Gasteiger partial charge in [-0.15, -0.1) is 0 Å². The van der Waals surface area contributed by atoms with Gasteiger partial charge in [0.25, 0.3) is 0 Å². The van der Waals surface area contributed by atoms with Crippen LogP contribution in [0.15, 0.2) is 21.3 Å². The Balaban J connectivity index is 2.42. The van der Waals surface area contributed by atoms with Crippen LogP contribution in [0.25, 0.3) is 11.0 Å². The second kappa shape index (κ2) is 6.09. The molecule has 0 saturated heterocycles. The molecule has 118 valence electrons. The highest BCUT2D eigenvalue weighted by molar-refractivity contribution is 5.89. The van der Waals surface area contributed by atoms with E-state index in [2.05, 4.69) is 5.32 Å². The van der Waals surface area contributed by atoms with Crippen molar-refractivity contribution in [2.45, 2.75) is 27.2 Å². The van der Waals surface area contributed by atoms with Gasteiger partial charge >= 0.3 is 5.63 Å². The number of aromatic hydroxyl groups is 2. The summed E-state index contributed by atoms with van der Waals surface area (Å²) in [7, 11) is 0. The first-order valence-corrected chi connectivity index (χ1v) is 7.05. The third-order valence-electron chi connectivity index (χ3n) is 3.45. The van der Waals surface area contributed by atoms with Crippen molar-refractivity contribution in [3.8, 4) is 11.5 Å². The summed E-state index contributed by atoms with van der Waals surface area (Å²) in [6.07, 6.45) is -0.0849. The van der Waals surface area contributed by atoms with E-state index in [1.807, 2.05) is 13.8 Å². The van der Waals surface area contributed by atoms with Crippen molar-refractivity contribution in [1.29, 1.82) is 0 Å². The molecule has 0 fully saturated rings. The van der Waals surface area contributed by atoms with Gasteiger partial charge in [0.15, 0.2) is 11.3 Å². The monoisotopic (exact) mass is 305 g/mol. The number of fused-ring (bicyclic) bond motifs is 1. The Morgan fingerprint density at radius 3 is 2.64 bits per heavy atom. The first-order chi connectivity index (χ1) is 10.3. The predicted molar refractivity (Wildman–Crippen MR) is 82.1 cm³/mol. The van der Waals surface area contributed by atoms with Gasteiger partial charge in [0.2, 0.25) is 11.7 Å². The Kier molecular flexibility index (Phi) is 4.40. The Morgan fingerprint density at radius 1 is 1.32 bits per heavy atom. The van der Waals surface area contributed by atoms with Crippen molar-refractivity contribution in [2.75, 3.05) is 6.54 Å². The largest absolute Gasteiger partial charge is 0.504 e. The molecule has 2 aromatic rings. The van der Waals surface area contributed by atoms with Gasteiger partial charge in [-0.25, -0.2) is 4.79 Å². The minimum Gasteiger partial charge on any atom is -0.504 e. The third-order valence-corrected chi connectivity index (χ3v) is 3.45. The molecule has 22 heavy (non-hydrogen) atoms. The zero-order chi connectivity index (χ0) is 16.4. The zero-order valence-electron chi connectivity index (χ0n) is 12.8. The molecule has 0 radical (unpaired) electrons. The zero-order valence-corrected chi connectivity index (χ0v) is 12.8. The van der Waals surface area contributed by atoms with E-state index in [-0.39, 0.29) is 29.2 Å². The smallest absolute Gasteiger partial charge is 0.340 e. The van der Waals surface area contributed by atoms with Gasteiger partial charge in [-0.05, 0) is 30.5 Å². The van der Waals surface area contributed by atoms with Crippen molar-refractivity contribution in [1.82, 2.24) is 5.32 Å². The van der Waals surface area contributed by atoms with Gasteiger partial charge in [0.05, 0.1) is 12.0 Å². The normalized spacial score (nSPS) is 11.1. The number of rotatable bonds is 4. The minimum absolute atomic E-state index is 0.0751. The quantitative estimate of drug-likeness (QED) is 0.591. The van der Waals surface area contributed by atoms with Crippen molar-refractivity contribution in [3.05, 3.63) is 33.7 Å². The van der Waals surface area contributed by atoms with Crippen LogP contribution in [-0.2, 0) is 11.2 Å². The van der Waals surface area contributed by atoms with Gasteiger partial charge < -0.3 is 19.9 Å². The molecule has 6 heteroatoms. The van der Waals surface area contributed by atoms with E-state index < -0.39 is 11.4 Å². The first-order valence-electron chi connectivity index (χ1n) is 7.05. The van der Waals surface area contributed by atoms with E-state index >= 15 is 0 Å². The summed E-state index contributed by atoms with van der Waals surface area (Å²) >= 11 is 0. The molecule has 1 aromatic carbocycles. The van der Waals surface area contributed by atoms with Crippen LogP contribution >= 0.6 is 0 Å². The summed E-state index contributed by atoms with van der Waals surface area (Å²) in [5, 5.41) is 22.5. The topological polar surface area (TPSA) is 99.8 Å². The van der Waals surface area contributed by atoms with Crippen LogP contribution in [0.5, 0.6) is 11.5 Å². The third kappa shape index (κ3) is 3.05. The summed E-state index contributed by atoms with van der Waals surface area (Å²) in [5.74, 6) is -0.782. The van der Waals surface area contributed by atoms with Crippen LogP contribution in [-0.4, -0.2) is 22.7 Å². The summed E-state index contributed by atoms with van der Waals surface area (Å²) in [6, 6.07) is 2.85. The molecule has 6 nitrogen and oxygen atoms in total. The number of amides is 1. The van der Waals surface area contributed by atoms with Crippen molar-refractivity contribution in [3.63, 3.8) is 0 Å². The Morgan fingerprint density at radius 2 is 2.00 bits per heavy atom. The lowest BCUT2D eigenvalue weighted by Gasteiger charge is -2.10. The van der Waals surface area contributed by atoms with Crippen molar-refractivity contribution in [2.24, 2.45) is 5.92 Å². The number of hydrogen-bond acceptors (Lipinski definition) is 5. The predicted octanol–water partition coefficient (Wildman–Crippen LogP) is 1.83. The maximum absolute atomic E-state index is 12.1. The number of nitrogens with one attached hydrogen (secondary N) is 1. The molecule has 1 aromatic heterocycles. The summed E-state index contributed by atoms with van der Waals surface area (Å²) in [4.78, 5) is 23.9. The van der Waals surface area contributed by atoms with Gasteiger partial charge in [-0.1, -0.05) is 13.8 Å². The molecule has 1 heterocycles. The van der Waals surface area contributed by atoms with Crippen LogP contribution in [0.2, 0.25) is 0 Å². The Hall–Kier alpha value is -2.50. The second-order valence-electron chi connectivity index (χ2n) is 5.68. The number of carbonyl (C=O) groups is 1. The highest BCUT2D eigenvalue weighted by Gasteiger charge is 2.18. The molecule has 3 N–H and O–H groups in total. The molecule has 2 rings (SSSR count). The van der Waals surface area contributed by atoms with E-state index in [0.717, 1.165) is 0 Å². The van der Waals surface area contributed by atoms with Gasteiger partial charge in [0.1, 0.15) is 0 Å². The van der Waals surface area contributed by atoms with Crippen LogP contribution < -0.4 is 10.9 Å². The molecule has 0 atom stereocenters. The fourth-order valence-electron chi connectivity index (χ4n) is 2.18. The standard InChI is InChI=1S/C16H19NO5/c1-8(2)7-17-13(19)6-11-9(3)10-4-5-12(18)14(20)15(10)22-16(11)21/h4-5,8,18,20H,6-7H2,1-3H3,(H,17,19). The molecule has 1 amide bonds. The summed E-state index contributed by atoms with van der Waals surface area (Å²) in [5.41, 5.74) is 0.0412. The average Bonchev–Trinajstić information content (AvgIpc) is 2.45. The highest BCUT2D eigenvalue weighted by atomic mass is 16.4. The molecule has 0 aliphatic heterocycles. The number of hydrogen-bond donors (Lipinski definition) is 3. The Labute approximate surface area is 127 Å². The van der Waals surface area contributed by atoms with E-state index in [1.165, 1.54) is 12.1 Å². The van der Waals surface area contributed by atoms with E-state index in [4.69, 9.17) is 4.42 Å². The Bertz CT molecular complexity index is 776. The number of phenolic OH excluding ortho intramolecular Hbond substituents is 2. The van der Waals surface area contributed by atoms with E-state index in [9.17, 15) is 19.8 Å². The molecular formula is C16H19NO5. The first kappa shape index (κ1) is 15.9. The molecule has 0 saturated carbocycles. The van der Waals surface area contributed by atoms with Crippen molar-refractivity contribution < 1.29 is 19.4 Å². The van der Waals surface area contributed by atoms with Gasteiger partial charge in [0, 0.05) is 11.9 Å². The van der Waals surface area contributed by atoms with Crippen molar-refractivity contribution >= 4 is 16.9 Å². The van der Waals surface area contributed by atoms with Gasteiger partial charge in [-0.2, -0.15) is 0 Å². The summed E-state index contributed by atoms with van der Waals surface area (Å²) < 4.78 is 5.07. The van der Waals surface area contributed by atoms with Crippen LogP contribution in [0.1, 0.15) is 25.0 Å². The fourth-order valence-corrected chi connectivity index (χ4v) is 2.18. The molecule has 0 aliphatic carbocycles. The SMILES string of the molecule is Cc1c(CC(=O)NCC(C)C)c(=O)oc2c(O)c(O)ccc12.